The molecule has 220 valence electrons. The molecule has 12 heteroatoms. The topological polar surface area (TPSA) is 121 Å². The number of rotatable bonds is 9. The largest absolute Gasteiger partial charge is 0.497 e. The van der Waals surface area contributed by atoms with Crippen LogP contribution < -0.4 is 31.2 Å². The van der Waals surface area contributed by atoms with Crippen molar-refractivity contribution in [2.24, 2.45) is 5.73 Å². The van der Waals surface area contributed by atoms with Gasteiger partial charge in [-0.1, -0.05) is 12.1 Å². The van der Waals surface area contributed by atoms with E-state index in [1.54, 1.807) is 62.4 Å². The van der Waals surface area contributed by atoms with Gasteiger partial charge in [-0.2, -0.15) is 0 Å². The van der Waals surface area contributed by atoms with E-state index in [4.69, 9.17) is 27.4 Å². The molecule has 1 heterocycles. The number of urea groups is 1. The highest BCUT2D eigenvalue weighted by Gasteiger charge is 2.24. The number of nitrogens with one attached hydrogen (secondary N) is 3. The van der Waals surface area contributed by atoms with Crippen LogP contribution in [0, 0.1) is 5.82 Å². The summed E-state index contributed by atoms with van der Waals surface area (Å²) in [5.74, 6) is -0.106. The van der Waals surface area contributed by atoms with Gasteiger partial charge in [0.15, 0.2) is 16.7 Å². The van der Waals surface area contributed by atoms with E-state index in [1.165, 1.54) is 18.2 Å². The van der Waals surface area contributed by atoms with Crippen LogP contribution in [0.1, 0.15) is 25.3 Å². The first kappa shape index (κ1) is 31.4. The fourth-order valence-electron chi connectivity index (χ4n) is 4.21. The Balaban J connectivity index is 1.52. The number of ether oxygens (including phenoxy) is 2. The first-order valence-corrected chi connectivity index (χ1v) is 13.6. The van der Waals surface area contributed by atoms with Gasteiger partial charge in [0.25, 0.3) is 0 Å². The van der Waals surface area contributed by atoms with Gasteiger partial charge in [-0.15, -0.1) is 0 Å². The molecule has 0 saturated carbocycles. The van der Waals surface area contributed by atoms with Gasteiger partial charge in [0.2, 0.25) is 5.91 Å². The highest BCUT2D eigenvalue weighted by molar-refractivity contribution is 7.80. The third-order valence-electron chi connectivity index (χ3n) is 6.56. The summed E-state index contributed by atoms with van der Waals surface area (Å²) < 4.78 is 25.7. The second-order valence-electron chi connectivity index (χ2n) is 9.64. The predicted octanol–water partition coefficient (Wildman–Crippen LogP) is 3.71. The molecule has 2 aromatic rings. The minimum atomic E-state index is -0.669. The maximum absolute atomic E-state index is 14.8. The van der Waals surface area contributed by atoms with Crippen molar-refractivity contribution in [2.75, 3.05) is 39.6 Å². The zero-order chi connectivity index (χ0) is 29.9. The molecule has 0 aromatic heterocycles. The number of amides is 3. The Morgan fingerprint density at radius 3 is 2.59 bits per heavy atom. The molecular weight excluding hydrogens is 547 g/mol. The number of anilines is 1. The molecular formula is C29H37FN6O4S. The van der Waals surface area contributed by atoms with Crippen molar-refractivity contribution in [1.29, 1.82) is 0 Å². The number of halogens is 1. The summed E-state index contributed by atoms with van der Waals surface area (Å²) in [4.78, 5) is 28.9. The van der Waals surface area contributed by atoms with E-state index >= 15 is 0 Å². The number of likely N-dealkylation sites (tertiary alicyclic amines) is 1. The number of carbonyl (C=O) groups is 2. The maximum atomic E-state index is 14.8. The summed E-state index contributed by atoms with van der Waals surface area (Å²) in [6, 6.07) is 11.1. The summed E-state index contributed by atoms with van der Waals surface area (Å²) >= 11 is 5.20. The molecule has 0 unspecified atom stereocenters. The fraction of sp³-hybridized carbons (Fsp3) is 0.345. The average Bonchev–Trinajstić information content (AvgIpc) is 2.93. The Bertz CT molecular complexity index is 1310. The van der Waals surface area contributed by atoms with Crippen LogP contribution in [0.25, 0.3) is 0 Å². The highest BCUT2D eigenvalue weighted by Crippen LogP contribution is 2.24. The van der Waals surface area contributed by atoms with Crippen molar-refractivity contribution < 1.29 is 23.5 Å². The minimum absolute atomic E-state index is 0.0248. The van der Waals surface area contributed by atoms with Crippen molar-refractivity contribution in [3.8, 4) is 11.5 Å². The standard InChI is InChI=1S/C29H37FN6O4S/c1-5-22(18-26(31)33-29(38)36(3)21-11-13-35(2)14-12-21)40-25-10-9-20(17-24(25)30)32-28(41)34-27(37)16-19-7-6-8-23(15-19)39-4/h5-10,15,17-18,21H,11-14,16,31H2,1-4H3,(H,33,38)(H2,32,34,37,41)/b22-5+,26-18+. The van der Waals surface area contributed by atoms with Crippen LogP contribution in [0.2, 0.25) is 0 Å². The van der Waals surface area contributed by atoms with Crippen LogP contribution in [0.5, 0.6) is 11.5 Å². The van der Waals surface area contributed by atoms with Crippen molar-refractivity contribution >= 4 is 35.0 Å². The Morgan fingerprint density at radius 1 is 1.20 bits per heavy atom. The lowest BCUT2D eigenvalue weighted by molar-refractivity contribution is -0.119. The number of nitrogens with two attached hydrogens (primary N) is 1. The van der Waals surface area contributed by atoms with Crippen LogP contribution >= 0.6 is 12.2 Å². The quantitative estimate of drug-likeness (QED) is 0.200. The zero-order valence-corrected chi connectivity index (χ0v) is 24.5. The summed E-state index contributed by atoms with van der Waals surface area (Å²) in [6.45, 7) is 3.55. The fourth-order valence-corrected chi connectivity index (χ4v) is 4.44. The molecule has 0 radical (unpaired) electrons. The van der Waals surface area contributed by atoms with Crippen LogP contribution in [0.4, 0.5) is 14.9 Å². The van der Waals surface area contributed by atoms with Crippen LogP contribution in [-0.2, 0) is 11.2 Å². The Kier molecular flexibility index (Phi) is 11.5. The first-order chi connectivity index (χ1) is 19.6. The molecule has 2 aromatic carbocycles. The third-order valence-corrected chi connectivity index (χ3v) is 6.76. The summed E-state index contributed by atoms with van der Waals surface area (Å²) in [7, 11) is 5.35. The van der Waals surface area contributed by atoms with E-state index in [-0.39, 0.29) is 46.8 Å². The summed E-state index contributed by atoms with van der Waals surface area (Å²) in [5.41, 5.74) is 7.11. The second kappa shape index (κ2) is 15.0. The monoisotopic (exact) mass is 584 g/mol. The number of benzene rings is 2. The molecule has 0 aliphatic carbocycles. The van der Waals surface area contributed by atoms with E-state index in [0.717, 1.165) is 31.5 Å². The molecule has 1 aliphatic heterocycles. The minimum Gasteiger partial charge on any atom is -0.497 e. The number of carbonyl (C=O) groups excluding carboxylic acids is 2. The SMILES string of the molecule is C/C=C(\C=C(/N)NC(=O)N(C)C1CCN(C)CC1)Oc1ccc(NC(=S)NC(=O)Cc2cccc(OC)c2)cc1F. The number of allylic oxidation sites excluding steroid dienone is 2. The number of methoxy groups -OCH3 is 1. The normalized spacial score (nSPS) is 14.7. The van der Waals surface area contributed by atoms with Gasteiger partial charge < -0.3 is 35.6 Å². The summed E-state index contributed by atoms with van der Waals surface area (Å²) in [5, 5.41) is 8.04. The number of hydrogen-bond donors (Lipinski definition) is 4. The van der Waals surface area contributed by atoms with E-state index < -0.39 is 5.82 Å². The van der Waals surface area contributed by atoms with E-state index in [1.807, 2.05) is 0 Å². The van der Waals surface area contributed by atoms with Gasteiger partial charge in [0.05, 0.1) is 13.5 Å². The molecule has 41 heavy (non-hydrogen) atoms. The average molecular weight is 585 g/mol. The third kappa shape index (κ3) is 9.76. The summed E-state index contributed by atoms with van der Waals surface area (Å²) in [6.07, 6.45) is 4.88. The molecule has 0 bridgehead atoms. The molecule has 1 aliphatic rings. The predicted molar refractivity (Wildman–Crippen MR) is 161 cm³/mol. The van der Waals surface area contributed by atoms with Crippen molar-refractivity contribution in [2.45, 2.75) is 32.2 Å². The molecule has 0 spiro atoms. The molecule has 0 atom stereocenters. The molecule has 3 amide bonds. The number of piperidine rings is 1. The van der Waals surface area contributed by atoms with E-state index in [2.05, 4.69) is 27.9 Å². The lowest BCUT2D eigenvalue weighted by Gasteiger charge is -2.35. The van der Waals surface area contributed by atoms with Gasteiger partial charge in [-0.3, -0.25) is 10.1 Å². The second-order valence-corrected chi connectivity index (χ2v) is 10.1. The Hall–Kier alpha value is -4.16. The van der Waals surface area contributed by atoms with Crippen LogP contribution in [0.3, 0.4) is 0 Å². The maximum Gasteiger partial charge on any atom is 0.322 e. The first-order valence-electron chi connectivity index (χ1n) is 13.1. The van der Waals surface area contributed by atoms with Gasteiger partial charge >= 0.3 is 6.03 Å². The zero-order valence-electron chi connectivity index (χ0n) is 23.7. The van der Waals surface area contributed by atoms with Crippen molar-refractivity contribution in [3.63, 3.8) is 0 Å². The molecule has 10 nitrogen and oxygen atoms in total. The number of hydrogen-bond acceptors (Lipinski definition) is 7. The molecule has 3 rings (SSSR count). The Labute approximate surface area is 245 Å². The molecule has 5 N–H and O–H groups in total. The number of thiocarbonyl (C=S) groups is 1. The van der Waals surface area contributed by atoms with Crippen molar-refractivity contribution in [1.82, 2.24) is 20.4 Å². The lowest BCUT2D eigenvalue weighted by atomic mass is 10.0. The van der Waals surface area contributed by atoms with E-state index in [0.29, 0.717) is 11.4 Å². The molecule has 1 saturated heterocycles. The van der Waals surface area contributed by atoms with Gasteiger partial charge in [-0.05, 0) is 88.0 Å². The smallest absolute Gasteiger partial charge is 0.322 e. The number of nitrogens with zero attached hydrogens (tertiary/aromatic N) is 2. The lowest BCUT2D eigenvalue weighted by Crippen LogP contribution is -2.48. The highest BCUT2D eigenvalue weighted by atomic mass is 32.1. The van der Waals surface area contributed by atoms with Gasteiger partial charge in [-0.25, -0.2) is 9.18 Å². The Morgan fingerprint density at radius 2 is 1.93 bits per heavy atom. The van der Waals surface area contributed by atoms with Crippen molar-refractivity contribution in [3.05, 3.63) is 77.6 Å². The molecule has 1 fully saturated rings. The van der Waals surface area contributed by atoms with Gasteiger partial charge in [0.1, 0.15) is 17.3 Å². The van der Waals surface area contributed by atoms with Crippen LogP contribution in [-0.4, -0.2) is 67.2 Å². The van der Waals surface area contributed by atoms with Gasteiger partial charge in [0, 0.05) is 30.9 Å². The van der Waals surface area contributed by atoms with Crippen LogP contribution in [0.15, 0.2) is 66.2 Å². The van der Waals surface area contributed by atoms with E-state index in [9.17, 15) is 14.0 Å².